The number of halogens is 1. The van der Waals surface area contributed by atoms with Crippen molar-refractivity contribution >= 4 is 23.3 Å². The summed E-state index contributed by atoms with van der Waals surface area (Å²) in [6.07, 6.45) is 2.65. The molecule has 0 aliphatic carbocycles. The first kappa shape index (κ1) is 9.73. The summed E-state index contributed by atoms with van der Waals surface area (Å²) in [6, 6.07) is 8.96. The normalized spacial score (nSPS) is 14.2. The Hall–Kier alpha value is -1.48. The maximum Gasteiger partial charge on any atom is 0.302 e. The molecule has 1 aromatic carbocycles. The Morgan fingerprint density at radius 3 is 3.06 bits per heavy atom. The van der Waals surface area contributed by atoms with Gasteiger partial charge >= 0.3 is 6.01 Å². The predicted octanol–water partition coefficient (Wildman–Crippen LogP) is 3.11. The fourth-order valence-electron chi connectivity index (χ4n) is 2.02. The van der Waals surface area contributed by atoms with Gasteiger partial charge in [0, 0.05) is 12.2 Å². The highest BCUT2D eigenvalue weighted by atomic mass is 35.5. The molecule has 3 rings (SSSR count). The molecule has 2 heterocycles. The first-order valence-electron chi connectivity index (χ1n) is 5.24. The number of nitrogens with zero attached hydrogens (tertiary/aromatic N) is 2. The van der Waals surface area contributed by atoms with Crippen LogP contribution in [0.3, 0.4) is 0 Å². The standard InChI is InChI=1S/C12H11ClN2O/c13-7-10-8-16-12(14-10)15-6-5-9-3-1-2-4-11(9)15/h1-4,8H,5-7H2. The van der Waals surface area contributed by atoms with Gasteiger partial charge in [-0.3, -0.25) is 4.90 Å². The van der Waals surface area contributed by atoms with Gasteiger partial charge in [-0.15, -0.1) is 11.6 Å². The molecule has 4 heteroatoms. The second kappa shape index (κ2) is 3.83. The molecule has 1 aromatic heterocycles. The summed E-state index contributed by atoms with van der Waals surface area (Å²) in [5.41, 5.74) is 3.31. The summed E-state index contributed by atoms with van der Waals surface area (Å²) in [7, 11) is 0. The van der Waals surface area contributed by atoms with Crippen LogP contribution in [0, 0.1) is 0 Å². The van der Waals surface area contributed by atoms with Crippen LogP contribution in [0.15, 0.2) is 34.9 Å². The van der Waals surface area contributed by atoms with Crippen molar-refractivity contribution in [1.29, 1.82) is 0 Å². The number of anilines is 2. The Kier molecular flexibility index (Phi) is 2.33. The van der Waals surface area contributed by atoms with Crippen molar-refractivity contribution in [3.05, 3.63) is 41.8 Å². The van der Waals surface area contributed by atoms with E-state index in [9.17, 15) is 0 Å². The van der Waals surface area contributed by atoms with Gasteiger partial charge in [-0.2, -0.15) is 4.98 Å². The van der Waals surface area contributed by atoms with Crippen molar-refractivity contribution in [2.24, 2.45) is 0 Å². The number of fused-ring (bicyclic) bond motifs is 1. The Bertz CT molecular complexity index is 509. The quantitative estimate of drug-likeness (QED) is 0.748. The summed E-state index contributed by atoms with van der Waals surface area (Å²) in [6.45, 7) is 0.918. The van der Waals surface area contributed by atoms with E-state index in [1.165, 1.54) is 11.3 Å². The number of rotatable bonds is 2. The largest absolute Gasteiger partial charge is 0.431 e. The van der Waals surface area contributed by atoms with Crippen molar-refractivity contribution < 1.29 is 4.42 Å². The third-order valence-corrected chi connectivity index (χ3v) is 3.07. The minimum atomic E-state index is 0.388. The van der Waals surface area contributed by atoms with Crippen LogP contribution in [0.2, 0.25) is 0 Å². The molecule has 0 saturated carbocycles. The molecule has 2 aromatic rings. The zero-order chi connectivity index (χ0) is 11.0. The first-order chi connectivity index (χ1) is 7.88. The van der Waals surface area contributed by atoms with E-state index < -0.39 is 0 Å². The summed E-state index contributed by atoms with van der Waals surface area (Å²) in [5, 5.41) is 0. The van der Waals surface area contributed by atoms with Crippen LogP contribution >= 0.6 is 11.6 Å². The predicted molar refractivity (Wildman–Crippen MR) is 63.2 cm³/mol. The molecule has 16 heavy (non-hydrogen) atoms. The molecule has 0 amide bonds. The molecule has 0 spiro atoms. The third-order valence-electron chi connectivity index (χ3n) is 2.79. The number of hydrogen-bond donors (Lipinski definition) is 0. The van der Waals surface area contributed by atoms with Gasteiger partial charge < -0.3 is 4.42 Å². The van der Waals surface area contributed by atoms with Crippen LogP contribution in [0.1, 0.15) is 11.3 Å². The molecule has 0 saturated heterocycles. The lowest BCUT2D eigenvalue weighted by Gasteiger charge is -2.13. The average molecular weight is 235 g/mol. The first-order valence-corrected chi connectivity index (χ1v) is 5.78. The van der Waals surface area contributed by atoms with Crippen molar-refractivity contribution in [1.82, 2.24) is 4.98 Å². The van der Waals surface area contributed by atoms with Gasteiger partial charge in [-0.05, 0) is 18.1 Å². The van der Waals surface area contributed by atoms with E-state index in [1.54, 1.807) is 6.26 Å². The second-order valence-corrected chi connectivity index (χ2v) is 4.05. The van der Waals surface area contributed by atoms with E-state index in [2.05, 4.69) is 28.1 Å². The Morgan fingerprint density at radius 2 is 2.25 bits per heavy atom. The van der Waals surface area contributed by atoms with Gasteiger partial charge in [0.05, 0.1) is 11.6 Å². The van der Waals surface area contributed by atoms with Crippen LogP contribution in [0.5, 0.6) is 0 Å². The lowest BCUT2D eigenvalue weighted by molar-refractivity contribution is 0.555. The SMILES string of the molecule is ClCc1coc(N2CCc3ccccc32)n1. The number of hydrogen-bond acceptors (Lipinski definition) is 3. The van der Waals surface area contributed by atoms with Gasteiger partial charge in [0.15, 0.2) is 0 Å². The van der Waals surface area contributed by atoms with Crippen molar-refractivity contribution in [3.8, 4) is 0 Å². The molecule has 82 valence electrons. The van der Waals surface area contributed by atoms with Gasteiger partial charge in [0.1, 0.15) is 6.26 Å². The van der Waals surface area contributed by atoms with Crippen LogP contribution in [0.25, 0.3) is 0 Å². The zero-order valence-corrected chi connectivity index (χ0v) is 9.44. The van der Waals surface area contributed by atoms with E-state index >= 15 is 0 Å². The fourth-order valence-corrected chi connectivity index (χ4v) is 2.14. The molecule has 0 atom stereocenters. The van der Waals surface area contributed by atoms with Crippen molar-refractivity contribution in [2.45, 2.75) is 12.3 Å². The monoisotopic (exact) mass is 234 g/mol. The lowest BCUT2D eigenvalue weighted by Crippen LogP contribution is -2.13. The minimum Gasteiger partial charge on any atom is -0.431 e. The molecule has 0 unspecified atom stereocenters. The highest BCUT2D eigenvalue weighted by molar-refractivity contribution is 6.16. The van der Waals surface area contributed by atoms with E-state index in [0.717, 1.165) is 18.7 Å². The number of oxazole rings is 1. The molecule has 0 N–H and O–H groups in total. The number of benzene rings is 1. The van der Waals surface area contributed by atoms with Crippen LogP contribution in [-0.2, 0) is 12.3 Å². The van der Waals surface area contributed by atoms with Crippen molar-refractivity contribution in [2.75, 3.05) is 11.4 Å². The topological polar surface area (TPSA) is 29.3 Å². The van der Waals surface area contributed by atoms with E-state index in [0.29, 0.717) is 11.9 Å². The summed E-state index contributed by atoms with van der Waals surface area (Å²) >= 11 is 5.71. The minimum absolute atomic E-state index is 0.388. The highest BCUT2D eigenvalue weighted by Gasteiger charge is 2.23. The Balaban J connectivity index is 1.98. The van der Waals surface area contributed by atoms with Crippen LogP contribution < -0.4 is 4.90 Å². The van der Waals surface area contributed by atoms with Gasteiger partial charge in [0.2, 0.25) is 0 Å². The Labute approximate surface area is 98.7 Å². The van der Waals surface area contributed by atoms with E-state index in [4.69, 9.17) is 16.0 Å². The summed E-state index contributed by atoms with van der Waals surface area (Å²) in [4.78, 5) is 6.43. The summed E-state index contributed by atoms with van der Waals surface area (Å²) < 4.78 is 5.43. The average Bonchev–Trinajstić information content (AvgIpc) is 2.94. The zero-order valence-electron chi connectivity index (χ0n) is 8.69. The molecule has 3 nitrogen and oxygen atoms in total. The Morgan fingerprint density at radius 1 is 1.38 bits per heavy atom. The van der Waals surface area contributed by atoms with Gasteiger partial charge in [-0.25, -0.2) is 0 Å². The molecular weight excluding hydrogens is 224 g/mol. The molecular formula is C12H11ClN2O. The lowest BCUT2D eigenvalue weighted by atomic mass is 10.2. The van der Waals surface area contributed by atoms with Crippen LogP contribution in [0.4, 0.5) is 11.7 Å². The number of para-hydroxylation sites is 1. The van der Waals surface area contributed by atoms with Crippen LogP contribution in [-0.4, -0.2) is 11.5 Å². The van der Waals surface area contributed by atoms with Crippen molar-refractivity contribution in [3.63, 3.8) is 0 Å². The second-order valence-electron chi connectivity index (χ2n) is 3.79. The molecule has 0 radical (unpaired) electrons. The molecule has 0 fully saturated rings. The molecule has 1 aliphatic rings. The maximum atomic E-state index is 5.71. The molecule has 1 aliphatic heterocycles. The fraction of sp³-hybridized carbons (Fsp3) is 0.250. The van der Waals surface area contributed by atoms with Gasteiger partial charge in [0.25, 0.3) is 0 Å². The van der Waals surface area contributed by atoms with Gasteiger partial charge in [-0.1, -0.05) is 18.2 Å². The number of aromatic nitrogens is 1. The highest BCUT2D eigenvalue weighted by Crippen LogP contribution is 2.33. The maximum absolute atomic E-state index is 5.71. The van der Waals surface area contributed by atoms with E-state index in [1.807, 2.05) is 6.07 Å². The van der Waals surface area contributed by atoms with E-state index in [-0.39, 0.29) is 0 Å². The number of alkyl halides is 1. The summed E-state index contributed by atoms with van der Waals surface area (Å²) in [5.74, 6) is 0.388. The smallest absolute Gasteiger partial charge is 0.302 e. The third kappa shape index (κ3) is 1.48. The molecule has 0 bridgehead atoms.